The van der Waals surface area contributed by atoms with E-state index in [0.717, 1.165) is 27.4 Å². The van der Waals surface area contributed by atoms with Gasteiger partial charge in [0, 0.05) is 12.1 Å². The molecule has 4 aromatic heterocycles. The van der Waals surface area contributed by atoms with Crippen molar-refractivity contribution in [1.82, 2.24) is 15.3 Å². The molecule has 0 aliphatic rings. The van der Waals surface area contributed by atoms with Gasteiger partial charge in [0.25, 0.3) is 5.91 Å². The Hall–Kier alpha value is -4.11. The number of hydrogen-bond acceptors (Lipinski definition) is 8. The first-order valence-electron chi connectivity index (χ1n) is 10.4. The van der Waals surface area contributed by atoms with E-state index >= 15 is 0 Å². The second kappa shape index (κ2) is 9.58. The predicted molar refractivity (Wildman–Crippen MR) is 127 cm³/mol. The van der Waals surface area contributed by atoms with Gasteiger partial charge in [0.15, 0.2) is 0 Å². The first-order chi connectivity index (χ1) is 16.2. The summed E-state index contributed by atoms with van der Waals surface area (Å²) in [6, 6.07) is 16.8. The third-order valence-corrected chi connectivity index (χ3v) is 5.89. The monoisotopic (exact) mass is 459 g/mol. The van der Waals surface area contributed by atoms with Crippen molar-refractivity contribution in [2.75, 3.05) is 10.6 Å². The van der Waals surface area contributed by atoms with Crippen LogP contribution in [0.2, 0.25) is 0 Å². The summed E-state index contributed by atoms with van der Waals surface area (Å²) in [4.78, 5) is 21.6. The lowest BCUT2D eigenvalue weighted by molar-refractivity contribution is 0.0948. The SMILES string of the molecule is O=C(NCc1ccco1)c1ccc(CNc2nc(NCc3ccco3)nc3ccsc23)cc1. The number of thiophene rings is 1. The largest absolute Gasteiger partial charge is 0.467 e. The summed E-state index contributed by atoms with van der Waals surface area (Å²) >= 11 is 1.59. The first kappa shape index (κ1) is 20.8. The van der Waals surface area contributed by atoms with Gasteiger partial charge in [-0.2, -0.15) is 4.98 Å². The Kier molecular flexibility index (Phi) is 6.03. The summed E-state index contributed by atoms with van der Waals surface area (Å²) in [7, 11) is 0. The van der Waals surface area contributed by atoms with E-state index in [1.54, 1.807) is 29.9 Å². The van der Waals surface area contributed by atoms with Crippen molar-refractivity contribution in [2.45, 2.75) is 19.6 Å². The number of furan rings is 2. The molecular weight excluding hydrogens is 438 g/mol. The molecule has 4 heterocycles. The third kappa shape index (κ3) is 5.04. The van der Waals surface area contributed by atoms with Crippen LogP contribution in [0.15, 0.2) is 81.3 Å². The van der Waals surface area contributed by atoms with E-state index in [1.165, 1.54) is 0 Å². The van der Waals surface area contributed by atoms with Crippen molar-refractivity contribution in [2.24, 2.45) is 0 Å². The van der Waals surface area contributed by atoms with Crippen molar-refractivity contribution in [1.29, 1.82) is 0 Å². The second-order valence-electron chi connectivity index (χ2n) is 7.28. The summed E-state index contributed by atoms with van der Waals surface area (Å²) in [5.74, 6) is 2.67. The number of aromatic nitrogens is 2. The molecule has 1 aromatic carbocycles. The van der Waals surface area contributed by atoms with Gasteiger partial charge >= 0.3 is 0 Å². The highest BCUT2D eigenvalue weighted by atomic mass is 32.1. The normalized spacial score (nSPS) is 10.9. The minimum Gasteiger partial charge on any atom is -0.467 e. The van der Waals surface area contributed by atoms with Gasteiger partial charge < -0.3 is 24.8 Å². The summed E-state index contributed by atoms with van der Waals surface area (Å²) in [6.45, 7) is 1.43. The molecule has 3 N–H and O–H groups in total. The Labute approximate surface area is 193 Å². The molecule has 0 fully saturated rings. The van der Waals surface area contributed by atoms with Gasteiger partial charge in [0.05, 0.1) is 35.8 Å². The average molecular weight is 460 g/mol. The molecule has 1 amide bonds. The lowest BCUT2D eigenvalue weighted by Crippen LogP contribution is -2.22. The standard InChI is InChI=1S/C24H21N5O3S/c30-23(26-14-18-3-1-10-31-18)17-7-5-16(6-8-17)13-25-22-21-20(9-12-33-21)28-24(29-22)27-15-19-4-2-11-32-19/h1-12H,13-15H2,(H,26,30)(H2,25,27,28,29). The number of nitrogens with zero attached hydrogens (tertiary/aromatic N) is 2. The molecule has 0 spiro atoms. The topological polar surface area (TPSA) is 105 Å². The molecule has 0 radical (unpaired) electrons. The number of hydrogen-bond donors (Lipinski definition) is 3. The zero-order valence-corrected chi connectivity index (χ0v) is 18.4. The summed E-state index contributed by atoms with van der Waals surface area (Å²) < 4.78 is 11.6. The van der Waals surface area contributed by atoms with Crippen LogP contribution in [-0.2, 0) is 19.6 Å². The van der Waals surface area contributed by atoms with Gasteiger partial charge in [-0.05, 0) is 53.4 Å². The van der Waals surface area contributed by atoms with Crippen molar-refractivity contribution in [3.63, 3.8) is 0 Å². The molecule has 0 aliphatic heterocycles. The van der Waals surface area contributed by atoms with Crippen LogP contribution in [0.4, 0.5) is 11.8 Å². The molecule has 5 aromatic rings. The maximum atomic E-state index is 12.3. The maximum absolute atomic E-state index is 12.3. The zero-order valence-electron chi connectivity index (χ0n) is 17.6. The van der Waals surface area contributed by atoms with Crippen LogP contribution < -0.4 is 16.0 Å². The van der Waals surface area contributed by atoms with E-state index in [4.69, 9.17) is 8.83 Å². The van der Waals surface area contributed by atoms with Gasteiger partial charge in [0.1, 0.15) is 17.3 Å². The molecule has 8 nitrogen and oxygen atoms in total. The molecule has 9 heteroatoms. The quantitative estimate of drug-likeness (QED) is 0.284. The van der Waals surface area contributed by atoms with Crippen molar-refractivity contribution < 1.29 is 13.6 Å². The second-order valence-corrected chi connectivity index (χ2v) is 8.19. The van der Waals surface area contributed by atoms with Crippen LogP contribution in [0.1, 0.15) is 27.4 Å². The molecule has 166 valence electrons. The molecule has 0 atom stereocenters. The number of carbonyl (C=O) groups excluding carboxylic acids is 1. The summed E-state index contributed by atoms with van der Waals surface area (Å²) in [6.07, 6.45) is 3.23. The number of benzene rings is 1. The van der Waals surface area contributed by atoms with Crippen molar-refractivity contribution in [3.05, 3.63) is 95.2 Å². The first-order valence-corrected chi connectivity index (χ1v) is 11.3. The minimum atomic E-state index is -0.144. The third-order valence-electron chi connectivity index (χ3n) is 4.98. The average Bonchev–Trinajstić information content (AvgIpc) is 3.62. The summed E-state index contributed by atoms with van der Waals surface area (Å²) in [5.41, 5.74) is 2.51. The number of amides is 1. The highest BCUT2D eigenvalue weighted by Gasteiger charge is 2.10. The highest BCUT2D eigenvalue weighted by Crippen LogP contribution is 2.28. The van der Waals surface area contributed by atoms with E-state index in [1.807, 2.05) is 53.9 Å². The Morgan fingerprint density at radius 2 is 1.61 bits per heavy atom. The molecule has 0 saturated heterocycles. The fourth-order valence-corrected chi connectivity index (χ4v) is 4.08. The van der Waals surface area contributed by atoms with E-state index in [-0.39, 0.29) is 5.91 Å². The Morgan fingerprint density at radius 3 is 2.33 bits per heavy atom. The molecule has 33 heavy (non-hydrogen) atoms. The zero-order chi connectivity index (χ0) is 22.5. The van der Waals surface area contributed by atoms with Gasteiger partial charge in [-0.3, -0.25) is 4.79 Å². The van der Waals surface area contributed by atoms with Crippen LogP contribution in [0.3, 0.4) is 0 Å². The fraction of sp³-hybridized carbons (Fsp3) is 0.125. The maximum Gasteiger partial charge on any atom is 0.251 e. The predicted octanol–water partition coefficient (Wildman–Crippen LogP) is 5.03. The number of rotatable bonds is 9. The van der Waals surface area contributed by atoms with Gasteiger partial charge in [-0.25, -0.2) is 4.98 Å². The molecule has 0 bridgehead atoms. The smallest absolute Gasteiger partial charge is 0.251 e. The Balaban J connectivity index is 1.22. The van der Waals surface area contributed by atoms with E-state index in [9.17, 15) is 4.79 Å². The molecule has 0 aliphatic carbocycles. The molecule has 0 saturated carbocycles. The van der Waals surface area contributed by atoms with Crippen molar-refractivity contribution >= 4 is 39.2 Å². The van der Waals surface area contributed by atoms with Crippen LogP contribution in [0.25, 0.3) is 10.2 Å². The lowest BCUT2D eigenvalue weighted by Gasteiger charge is -2.10. The Bertz CT molecular complexity index is 1330. The van der Waals surface area contributed by atoms with Crippen LogP contribution in [0, 0.1) is 0 Å². The van der Waals surface area contributed by atoms with E-state index in [0.29, 0.717) is 36.9 Å². The Morgan fingerprint density at radius 1 is 0.848 bits per heavy atom. The van der Waals surface area contributed by atoms with Crippen molar-refractivity contribution in [3.8, 4) is 0 Å². The van der Waals surface area contributed by atoms with Gasteiger partial charge in [-0.15, -0.1) is 11.3 Å². The van der Waals surface area contributed by atoms with Crippen LogP contribution in [-0.4, -0.2) is 15.9 Å². The number of anilines is 2. The highest BCUT2D eigenvalue weighted by molar-refractivity contribution is 7.17. The minimum absolute atomic E-state index is 0.144. The van der Waals surface area contributed by atoms with Crippen LogP contribution in [0.5, 0.6) is 0 Å². The molecular formula is C24H21N5O3S. The van der Waals surface area contributed by atoms with E-state index < -0.39 is 0 Å². The molecule has 5 rings (SSSR count). The van der Waals surface area contributed by atoms with Crippen LogP contribution >= 0.6 is 11.3 Å². The lowest BCUT2D eigenvalue weighted by atomic mass is 10.1. The molecule has 0 unspecified atom stereocenters. The van der Waals surface area contributed by atoms with E-state index in [2.05, 4.69) is 25.9 Å². The number of fused-ring (bicyclic) bond motifs is 1. The van der Waals surface area contributed by atoms with Gasteiger partial charge in [-0.1, -0.05) is 12.1 Å². The fourth-order valence-electron chi connectivity index (χ4n) is 3.28. The number of nitrogens with one attached hydrogen (secondary N) is 3. The summed E-state index contributed by atoms with van der Waals surface area (Å²) in [5, 5.41) is 11.4. The number of carbonyl (C=O) groups is 1. The van der Waals surface area contributed by atoms with Gasteiger partial charge in [0.2, 0.25) is 5.95 Å².